The Labute approximate surface area is 227 Å². The van der Waals surface area contributed by atoms with E-state index in [4.69, 9.17) is 14.9 Å². The number of hydrogen-bond donors (Lipinski definition) is 2. The highest BCUT2D eigenvalue weighted by Crippen LogP contribution is 2.48. The Kier molecular flexibility index (Phi) is 9.36. The molecule has 0 spiro atoms. The number of Topliss-reactive ketones (excluding diaryl/α,β-unsaturated/α-hetero) is 1. The lowest BCUT2D eigenvalue weighted by Gasteiger charge is -2.25. The summed E-state index contributed by atoms with van der Waals surface area (Å²) in [7, 11) is 0. The van der Waals surface area contributed by atoms with E-state index in [9.17, 15) is 9.59 Å². The topological polar surface area (TPSA) is 91.7 Å². The minimum atomic E-state index is -0.419. The number of carbonyl (C=O) groups is 2. The fourth-order valence-corrected chi connectivity index (χ4v) is 6.80. The van der Waals surface area contributed by atoms with Gasteiger partial charge in [0.2, 0.25) is 5.91 Å². The molecular weight excluding hydrogens is 478 g/mol. The van der Waals surface area contributed by atoms with E-state index in [1.807, 2.05) is 6.07 Å². The number of benzene rings is 1. The average molecular weight is 524 g/mol. The van der Waals surface area contributed by atoms with Crippen LogP contribution in [0.15, 0.2) is 18.2 Å². The molecule has 38 heavy (non-hydrogen) atoms. The third kappa shape index (κ3) is 7.16. The van der Waals surface area contributed by atoms with Gasteiger partial charge >= 0.3 is 0 Å². The van der Waals surface area contributed by atoms with E-state index in [2.05, 4.69) is 22.3 Å². The van der Waals surface area contributed by atoms with Crippen LogP contribution in [0.5, 0.6) is 11.5 Å². The zero-order valence-electron chi connectivity index (χ0n) is 22.8. The number of hydrogen-bond acceptors (Lipinski definition) is 6. The maximum atomic E-state index is 13.2. The first kappa shape index (κ1) is 27.2. The molecule has 3 fully saturated rings. The van der Waals surface area contributed by atoms with Crippen LogP contribution in [0.25, 0.3) is 0 Å². The maximum Gasteiger partial charge on any atom is 0.228 e. The number of ether oxygens (including phenoxy) is 2. The lowest BCUT2D eigenvalue weighted by Crippen LogP contribution is -2.40. The summed E-state index contributed by atoms with van der Waals surface area (Å²) < 4.78 is 11.5. The summed E-state index contributed by atoms with van der Waals surface area (Å²) in [5.41, 5.74) is 1.26. The molecule has 0 aromatic heterocycles. The molecule has 1 aromatic rings. The van der Waals surface area contributed by atoms with Crippen LogP contribution >= 0.6 is 0 Å². The monoisotopic (exact) mass is 523 g/mol. The molecule has 2 N–H and O–H groups in total. The normalized spacial score (nSPS) is 24.9. The third-order valence-electron chi connectivity index (χ3n) is 9.08. The Morgan fingerprint density at radius 1 is 1.05 bits per heavy atom. The number of likely N-dealkylation sites (tertiary alicyclic amines) is 1. The van der Waals surface area contributed by atoms with Gasteiger partial charge in [-0.2, -0.15) is 0 Å². The molecule has 208 valence electrons. The standard InChI is InChI=1S/C31H45N3O4/c32-20-23(31(36)33-25-8-2-1-3-9-25)7-6-10-28(35)27-19-26(27)24(21-34-13-4-5-14-34)17-22-11-12-29-30(18-22)38-16-15-37-29/h11-12,18,20,23-27,32H,1-10,13-17,19,21H2,(H,33,36). The van der Waals surface area contributed by atoms with Gasteiger partial charge < -0.3 is 25.1 Å². The summed E-state index contributed by atoms with van der Waals surface area (Å²) in [4.78, 5) is 28.4. The summed E-state index contributed by atoms with van der Waals surface area (Å²) in [5, 5.41) is 10.9. The van der Waals surface area contributed by atoms with Crippen molar-refractivity contribution in [3.05, 3.63) is 23.8 Å². The summed E-state index contributed by atoms with van der Waals surface area (Å²) >= 11 is 0. The summed E-state index contributed by atoms with van der Waals surface area (Å²) in [5.74, 6) is 2.60. The molecule has 1 aromatic carbocycles. The molecule has 5 rings (SSSR count). The van der Waals surface area contributed by atoms with Crippen LogP contribution in [0.4, 0.5) is 0 Å². The number of nitrogens with zero attached hydrogens (tertiary/aromatic N) is 1. The Morgan fingerprint density at radius 2 is 1.82 bits per heavy atom. The molecule has 1 saturated heterocycles. The van der Waals surface area contributed by atoms with Crippen molar-refractivity contribution < 1.29 is 19.1 Å². The molecule has 4 atom stereocenters. The van der Waals surface area contributed by atoms with E-state index in [0.717, 1.165) is 56.8 Å². The van der Waals surface area contributed by atoms with Crippen molar-refractivity contribution in [2.24, 2.45) is 23.7 Å². The number of ketones is 1. The van der Waals surface area contributed by atoms with Gasteiger partial charge in [-0.3, -0.25) is 9.59 Å². The molecule has 2 aliphatic heterocycles. The zero-order chi connectivity index (χ0) is 26.3. The molecule has 0 radical (unpaired) electrons. The van der Waals surface area contributed by atoms with Crippen LogP contribution in [0, 0.1) is 29.1 Å². The van der Waals surface area contributed by atoms with Gasteiger partial charge in [-0.1, -0.05) is 25.3 Å². The maximum absolute atomic E-state index is 13.2. The summed E-state index contributed by atoms with van der Waals surface area (Å²) in [6, 6.07) is 6.56. The Balaban J connectivity index is 1.12. The minimum absolute atomic E-state index is 0.0336. The van der Waals surface area contributed by atoms with Gasteiger partial charge in [0, 0.05) is 31.1 Å². The predicted molar refractivity (Wildman–Crippen MR) is 148 cm³/mol. The van der Waals surface area contributed by atoms with Crippen LogP contribution in [0.2, 0.25) is 0 Å². The van der Waals surface area contributed by atoms with E-state index in [1.54, 1.807) is 0 Å². The fourth-order valence-electron chi connectivity index (χ4n) is 6.80. The van der Waals surface area contributed by atoms with E-state index < -0.39 is 5.92 Å². The van der Waals surface area contributed by atoms with Gasteiger partial charge in [0.05, 0.1) is 5.92 Å². The third-order valence-corrected chi connectivity index (χ3v) is 9.08. The van der Waals surface area contributed by atoms with E-state index >= 15 is 0 Å². The van der Waals surface area contributed by atoms with Crippen LogP contribution in [-0.4, -0.2) is 61.7 Å². The number of amides is 1. The second-order valence-corrected chi connectivity index (χ2v) is 11.9. The number of rotatable bonds is 13. The zero-order valence-corrected chi connectivity index (χ0v) is 22.8. The Hall–Kier alpha value is -2.41. The van der Waals surface area contributed by atoms with Gasteiger partial charge in [0.1, 0.15) is 19.0 Å². The number of nitrogens with one attached hydrogen (secondary N) is 2. The molecule has 1 amide bonds. The van der Waals surface area contributed by atoms with Crippen LogP contribution < -0.4 is 14.8 Å². The smallest absolute Gasteiger partial charge is 0.228 e. The van der Waals surface area contributed by atoms with Gasteiger partial charge in [-0.15, -0.1) is 0 Å². The molecule has 0 bridgehead atoms. The van der Waals surface area contributed by atoms with Gasteiger partial charge in [-0.05, 0) is 94.0 Å². The molecule has 2 heterocycles. The van der Waals surface area contributed by atoms with Crippen LogP contribution in [0.1, 0.15) is 76.2 Å². The van der Waals surface area contributed by atoms with E-state index in [-0.39, 0.29) is 17.9 Å². The number of fused-ring (bicyclic) bond motifs is 1. The average Bonchev–Trinajstić information content (AvgIpc) is 3.58. The van der Waals surface area contributed by atoms with Gasteiger partial charge in [0.25, 0.3) is 0 Å². The predicted octanol–water partition coefficient (Wildman–Crippen LogP) is 4.80. The minimum Gasteiger partial charge on any atom is -0.486 e. The largest absolute Gasteiger partial charge is 0.486 e. The van der Waals surface area contributed by atoms with Crippen molar-refractivity contribution in [2.75, 3.05) is 32.8 Å². The molecule has 7 heteroatoms. The molecule has 7 nitrogen and oxygen atoms in total. The van der Waals surface area contributed by atoms with Crippen molar-refractivity contribution >= 4 is 17.9 Å². The summed E-state index contributed by atoms with van der Waals surface area (Å²) in [6.07, 6.45) is 13.2. The highest BCUT2D eigenvalue weighted by molar-refractivity contribution is 5.92. The molecule has 2 saturated carbocycles. The Bertz CT molecular complexity index is 970. The lowest BCUT2D eigenvalue weighted by molar-refractivity contribution is -0.125. The van der Waals surface area contributed by atoms with Crippen LogP contribution in [0.3, 0.4) is 0 Å². The fraction of sp³-hybridized carbons (Fsp3) is 0.710. The molecular formula is C31H45N3O4. The van der Waals surface area contributed by atoms with Crippen molar-refractivity contribution in [1.29, 1.82) is 5.41 Å². The van der Waals surface area contributed by atoms with Crippen molar-refractivity contribution in [3.8, 4) is 11.5 Å². The van der Waals surface area contributed by atoms with Gasteiger partial charge in [0.15, 0.2) is 11.5 Å². The second kappa shape index (κ2) is 13.1. The highest BCUT2D eigenvalue weighted by Gasteiger charge is 2.47. The first-order chi connectivity index (χ1) is 18.6. The molecule has 2 aliphatic carbocycles. The molecule has 4 unspecified atom stereocenters. The quantitative estimate of drug-likeness (QED) is 0.362. The highest BCUT2D eigenvalue weighted by atomic mass is 16.6. The first-order valence-corrected chi connectivity index (χ1v) is 15.1. The van der Waals surface area contributed by atoms with Crippen molar-refractivity contribution in [1.82, 2.24) is 10.2 Å². The lowest BCUT2D eigenvalue weighted by atomic mass is 9.91. The van der Waals surface area contributed by atoms with Gasteiger partial charge in [-0.25, -0.2) is 0 Å². The summed E-state index contributed by atoms with van der Waals surface area (Å²) in [6.45, 7) is 4.57. The second-order valence-electron chi connectivity index (χ2n) is 11.9. The Morgan fingerprint density at radius 3 is 2.58 bits per heavy atom. The van der Waals surface area contributed by atoms with E-state index in [0.29, 0.717) is 50.1 Å². The molecule has 4 aliphatic rings. The van der Waals surface area contributed by atoms with Crippen LogP contribution in [-0.2, 0) is 16.0 Å². The van der Waals surface area contributed by atoms with Crippen molar-refractivity contribution in [2.45, 2.75) is 83.1 Å². The SMILES string of the molecule is N=CC(CCCC(=O)C1CC1C(Cc1ccc2c(c1)OCCO2)CN1CCCC1)C(=O)NC1CCCCC1. The van der Waals surface area contributed by atoms with E-state index in [1.165, 1.54) is 43.9 Å². The number of carbonyl (C=O) groups excluding carboxylic acids is 2. The first-order valence-electron chi connectivity index (χ1n) is 15.1. The van der Waals surface area contributed by atoms with Crippen molar-refractivity contribution in [3.63, 3.8) is 0 Å².